The normalized spacial score (nSPS) is 18.9. The van der Waals surface area contributed by atoms with Crippen molar-refractivity contribution in [2.75, 3.05) is 0 Å². The Morgan fingerprint density at radius 1 is 1.23 bits per heavy atom. The zero-order valence-corrected chi connectivity index (χ0v) is 12.2. The second kappa shape index (κ2) is 4.81. The van der Waals surface area contributed by atoms with E-state index in [0.29, 0.717) is 29.1 Å². The van der Waals surface area contributed by atoms with Crippen molar-refractivity contribution in [1.29, 1.82) is 0 Å². The molecule has 6 heteroatoms. The maximum Gasteiger partial charge on any atom is 0.235 e. The number of rotatable bonds is 1. The molecule has 0 aliphatic carbocycles. The summed E-state index contributed by atoms with van der Waals surface area (Å²) in [5.74, 6) is -1.04. The topological polar surface area (TPSA) is 72.2 Å². The van der Waals surface area contributed by atoms with Crippen molar-refractivity contribution in [1.82, 2.24) is 10.5 Å². The predicted molar refractivity (Wildman–Crippen MR) is 81.6 cm³/mol. The summed E-state index contributed by atoms with van der Waals surface area (Å²) in [6, 6.07) is 9.27. The Morgan fingerprint density at radius 2 is 2.09 bits per heavy atom. The molecule has 3 aromatic rings. The van der Waals surface area contributed by atoms with Crippen LogP contribution < -0.4 is 5.32 Å². The van der Waals surface area contributed by atoms with E-state index in [0.717, 1.165) is 16.2 Å². The minimum absolute atomic E-state index is 0.245. The highest BCUT2D eigenvalue weighted by molar-refractivity contribution is 6.31. The number of fused-ring (bicyclic) bond motifs is 3. The van der Waals surface area contributed by atoms with Gasteiger partial charge < -0.3 is 4.52 Å². The van der Waals surface area contributed by atoms with Gasteiger partial charge in [-0.1, -0.05) is 28.9 Å². The lowest BCUT2D eigenvalue weighted by Crippen LogP contribution is -2.39. The van der Waals surface area contributed by atoms with Crippen molar-refractivity contribution < 1.29 is 14.1 Å². The standard InChI is InChI=1S/C16H11ClN2O3/c17-9-2-3-10-8(7-9)1-5-12-14(10)15(19-22-12)11-4-6-13(20)18-16(11)21/h1-3,5,7,11H,4,6H2,(H,18,20,21). The van der Waals surface area contributed by atoms with Crippen LogP contribution in [0.2, 0.25) is 5.02 Å². The molecule has 0 saturated carbocycles. The molecule has 0 spiro atoms. The Balaban J connectivity index is 1.95. The minimum Gasteiger partial charge on any atom is -0.356 e. The third-order valence-corrected chi connectivity index (χ3v) is 4.25. The predicted octanol–water partition coefficient (Wildman–Crippen LogP) is 3.15. The summed E-state index contributed by atoms with van der Waals surface area (Å²) in [5, 5.41) is 9.79. The summed E-state index contributed by atoms with van der Waals surface area (Å²) in [6.45, 7) is 0. The van der Waals surface area contributed by atoms with Crippen molar-refractivity contribution in [2.45, 2.75) is 18.8 Å². The van der Waals surface area contributed by atoms with E-state index < -0.39 is 5.92 Å². The number of imide groups is 1. The first-order chi connectivity index (χ1) is 10.6. The van der Waals surface area contributed by atoms with Crippen LogP contribution in [0, 0.1) is 0 Å². The first-order valence-electron chi connectivity index (χ1n) is 6.95. The molecule has 1 saturated heterocycles. The van der Waals surface area contributed by atoms with Crippen LogP contribution in [0.5, 0.6) is 0 Å². The molecule has 1 fully saturated rings. The maximum atomic E-state index is 12.1. The average Bonchev–Trinajstić information content (AvgIpc) is 2.91. The number of aromatic nitrogens is 1. The number of hydrogen-bond acceptors (Lipinski definition) is 4. The van der Waals surface area contributed by atoms with Gasteiger partial charge in [-0.05, 0) is 35.4 Å². The molecule has 2 aromatic carbocycles. The fourth-order valence-corrected chi connectivity index (χ4v) is 3.14. The number of carbonyl (C=O) groups excluding carboxylic acids is 2. The number of halogens is 1. The van der Waals surface area contributed by atoms with Crippen LogP contribution in [0.3, 0.4) is 0 Å². The van der Waals surface area contributed by atoms with E-state index in [4.69, 9.17) is 16.1 Å². The van der Waals surface area contributed by atoms with Gasteiger partial charge in [-0.25, -0.2) is 0 Å². The first-order valence-corrected chi connectivity index (χ1v) is 7.32. The number of benzene rings is 2. The van der Waals surface area contributed by atoms with Crippen LogP contribution in [-0.4, -0.2) is 17.0 Å². The maximum absolute atomic E-state index is 12.1. The Bertz CT molecular complexity index is 932. The van der Waals surface area contributed by atoms with E-state index in [9.17, 15) is 9.59 Å². The van der Waals surface area contributed by atoms with E-state index in [1.54, 1.807) is 6.07 Å². The van der Waals surface area contributed by atoms with E-state index in [2.05, 4.69) is 10.5 Å². The number of nitrogens with zero attached hydrogens (tertiary/aromatic N) is 1. The molecule has 1 aliphatic rings. The van der Waals surface area contributed by atoms with Crippen LogP contribution in [0.1, 0.15) is 24.5 Å². The van der Waals surface area contributed by atoms with Crippen LogP contribution in [0.4, 0.5) is 0 Å². The Kier molecular flexibility index (Phi) is 2.90. The molecule has 0 bridgehead atoms. The van der Waals surface area contributed by atoms with Crippen molar-refractivity contribution in [3.05, 3.63) is 41.0 Å². The Labute approximate surface area is 130 Å². The molecule has 1 N–H and O–H groups in total. The summed E-state index contributed by atoms with van der Waals surface area (Å²) < 4.78 is 5.37. The molecule has 1 unspecified atom stereocenters. The van der Waals surface area contributed by atoms with Gasteiger partial charge in [-0.15, -0.1) is 0 Å². The minimum atomic E-state index is -0.472. The second-order valence-corrected chi connectivity index (χ2v) is 5.81. The highest BCUT2D eigenvalue weighted by atomic mass is 35.5. The Hall–Kier alpha value is -2.40. The third kappa shape index (κ3) is 1.97. The lowest BCUT2D eigenvalue weighted by Gasteiger charge is -2.19. The van der Waals surface area contributed by atoms with Gasteiger partial charge in [0.15, 0.2) is 5.58 Å². The molecule has 2 amide bonds. The first kappa shape index (κ1) is 13.3. The Morgan fingerprint density at radius 3 is 2.91 bits per heavy atom. The summed E-state index contributed by atoms with van der Waals surface area (Å²) in [4.78, 5) is 23.4. The van der Waals surface area contributed by atoms with Gasteiger partial charge in [-0.2, -0.15) is 0 Å². The molecule has 110 valence electrons. The number of piperidine rings is 1. The lowest BCUT2D eigenvalue weighted by molar-refractivity contribution is -0.134. The van der Waals surface area contributed by atoms with Gasteiger partial charge in [0.1, 0.15) is 5.69 Å². The smallest absolute Gasteiger partial charge is 0.235 e. The van der Waals surface area contributed by atoms with E-state index in [1.165, 1.54) is 0 Å². The quantitative estimate of drug-likeness (QED) is 0.700. The van der Waals surface area contributed by atoms with Gasteiger partial charge >= 0.3 is 0 Å². The third-order valence-electron chi connectivity index (χ3n) is 4.01. The van der Waals surface area contributed by atoms with Gasteiger partial charge in [-0.3, -0.25) is 14.9 Å². The summed E-state index contributed by atoms with van der Waals surface area (Å²) in [5.41, 5.74) is 1.20. The molecule has 22 heavy (non-hydrogen) atoms. The monoisotopic (exact) mass is 314 g/mol. The molecular weight excluding hydrogens is 304 g/mol. The highest BCUT2D eigenvalue weighted by Gasteiger charge is 2.32. The lowest BCUT2D eigenvalue weighted by atomic mass is 9.91. The van der Waals surface area contributed by atoms with Crippen molar-refractivity contribution >= 4 is 45.2 Å². The van der Waals surface area contributed by atoms with Gasteiger partial charge in [0, 0.05) is 11.4 Å². The summed E-state index contributed by atoms with van der Waals surface area (Å²) >= 11 is 6.03. The number of nitrogens with one attached hydrogen (secondary N) is 1. The average molecular weight is 315 g/mol. The SMILES string of the molecule is O=C1CCC(c2noc3ccc4cc(Cl)ccc4c23)C(=O)N1. The van der Waals surface area contributed by atoms with Crippen LogP contribution in [-0.2, 0) is 9.59 Å². The zero-order chi connectivity index (χ0) is 15.3. The van der Waals surface area contributed by atoms with E-state index in [1.807, 2.05) is 24.3 Å². The van der Waals surface area contributed by atoms with Gasteiger partial charge in [0.05, 0.1) is 11.3 Å². The zero-order valence-electron chi connectivity index (χ0n) is 11.4. The largest absolute Gasteiger partial charge is 0.356 e. The van der Waals surface area contributed by atoms with E-state index in [-0.39, 0.29) is 11.8 Å². The fraction of sp³-hybridized carbons (Fsp3) is 0.188. The fourth-order valence-electron chi connectivity index (χ4n) is 2.96. The van der Waals surface area contributed by atoms with Crippen molar-refractivity contribution in [3.8, 4) is 0 Å². The van der Waals surface area contributed by atoms with Crippen molar-refractivity contribution in [3.63, 3.8) is 0 Å². The van der Waals surface area contributed by atoms with Crippen LogP contribution >= 0.6 is 11.6 Å². The van der Waals surface area contributed by atoms with Crippen molar-refractivity contribution in [2.24, 2.45) is 0 Å². The molecule has 1 atom stereocenters. The van der Waals surface area contributed by atoms with E-state index >= 15 is 0 Å². The highest BCUT2D eigenvalue weighted by Crippen LogP contribution is 2.35. The molecule has 4 rings (SSSR count). The molecule has 1 aliphatic heterocycles. The number of carbonyl (C=O) groups is 2. The number of hydrogen-bond donors (Lipinski definition) is 1. The number of amides is 2. The molecule has 2 heterocycles. The van der Waals surface area contributed by atoms with Crippen LogP contribution in [0.25, 0.3) is 21.7 Å². The van der Waals surface area contributed by atoms with Gasteiger partial charge in [0.25, 0.3) is 0 Å². The molecular formula is C16H11ClN2O3. The molecule has 0 radical (unpaired) electrons. The summed E-state index contributed by atoms with van der Waals surface area (Å²) in [7, 11) is 0. The molecule has 5 nitrogen and oxygen atoms in total. The van der Waals surface area contributed by atoms with Gasteiger partial charge in [0.2, 0.25) is 11.8 Å². The van der Waals surface area contributed by atoms with Crippen LogP contribution in [0.15, 0.2) is 34.9 Å². The second-order valence-electron chi connectivity index (χ2n) is 5.38. The molecule has 1 aromatic heterocycles. The summed E-state index contributed by atoms with van der Waals surface area (Å²) in [6.07, 6.45) is 0.748.